The van der Waals surface area contributed by atoms with E-state index in [-0.39, 0.29) is 12.5 Å². The highest BCUT2D eigenvalue weighted by Gasteiger charge is 2.43. The summed E-state index contributed by atoms with van der Waals surface area (Å²) in [6.45, 7) is 2.75. The summed E-state index contributed by atoms with van der Waals surface area (Å²) in [7, 11) is 3.01. The minimum Gasteiger partial charge on any atom is -0.493 e. The van der Waals surface area contributed by atoms with Crippen LogP contribution in [0.25, 0.3) is 0 Å². The van der Waals surface area contributed by atoms with E-state index < -0.39 is 11.4 Å². The number of amides is 1. The summed E-state index contributed by atoms with van der Waals surface area (Å²) in [5, 5.41) is 9.69. The molecule has 1 aliphatic heterocycles. The summed E-state index contributed by atoms with van der Waals surface area (Å²) in [4.78, 5) is 26.4. The molecule has 1 atom stereocenters. The number of nitrogens with zero attached hydrogens (tertiary/aromatic N) is 1. The van der Waals surface area contributed by atoms with Gasteiger partial charge < -0.3 is 19.5 Å². The number of piperidine rings is 1. The Kier molecular flexibility index (Phi) is 5.70. The van der Waals surface area contributed by atoms with E-state index in [0.29, 0.717) is 42.9 Å². The first-order valence-electron chi connectivity index (χ1n) is 8.22. The van der Waals surface area contributed by atoms with Gasteiger partial charge in [0.15, 0.2) is 11.5 Å². The SMILES string of the molecule is CCCC1(C(=O)O)CCCN(C(=O)c2cccc(OC)c2OC)C1. The van der Waals surface area contributed by atoms with Crippen molar-refractivity contribution in [2.75, 3.05) is 27.3 Å². The Morgan fingerprint density at radius 3 is 2.62 bits per heavy atom. The summed E-state index contributed by atoms with van der Waals surface area (Å²) < 4.78 is 10.6. The van der Waals surface area contributed by atoms with E-state index in [0.717, 1.165) is 6.42 Å². The molecule has 1 aliphatic rings. The molecular weight excluding hydrogens is 310 g/mol. The number of carbonyl (C=O) groups is 2. The number of methoxy groups -OCH3 is 2. The lowest BCUT2D eigenvalue weighted by atomic mass is 9.76. The van der Waals surface area contributed by atoms with Crippen molar-refractivity contribution >= 4 is 11.9 Å². The van der Waals surface area contributed by atoms with Gasteiger partial charge in [0.1, 0.15) is 0 Å². The van der Waals surface area contributed by atoms with Crippen LogP contribution in [-0.4, -0.2) is 49.2 Å². The fraction of sp³-hybridized carbons (Fsp3) is 0.556. The normalized spacial score (nSPS) is 20.5. The molecule has 0 bridgehead atoms. The second-order valence-corrected chi connectivity index (χ2v) is 6.21. The maximum absolute atomic E-state index is 13.0. The second-order valence-electron chi connectivity index (χ2n) is 6.21. The molecule has 1 amide bonds. The molecule has 132 valence electrons. The number of carbonyl (C=O) groups excluding carboxylic acids is 1. The number of hydrogen-bond donors (Lipinski definition) is 1. The molecular formula is C18H25NO5. The maximum Gasteiger partial charge on any atom is 0.311 e. The van der Waals surface area contributed by atoms with Gasteiger partial charge in [-0.2, -0.15) is 0 Å². The molecule has 2 rings (SSSR count). The molecule has 1 unspecified atom stereocenters. The summed E-state index contributed by atoms with van der Waals surface area (Å²) in [5.74, 6) is -0.169. The Morgan fingerprint density at radius 2 is 2.04 bits per heavy atom. The highest BCUT2D eigenvalue weighted by Crippen LogP contribution is 2.37. The molecule has 0 saturated carbocycles. The van der Waals surface area contributed by atoms with Crippen molar-refractivity contribution in [1.29, 1.82) is 0 Å². The maximum atomic E-state index is 13.0. The lowest BCUT2D eigenvalue weighted by Crippen LogP contribution is -2.50. The highest BCUT2D eigenvalue weighted by molar-refractivity contribution is 5.98. The lowest BCUT2D eigenvalue weighted by Gasteiger charge is -2.40. The van der Waals surface area contributed by atoms with Crippen molar-refractivity contribution in [2.45, 2.75) is 32.6 Å². The Bertz CT molecular complexity index is 611. The van der Waals surface area contributed by atoms with Gasteiger partial charge in [-0.1, -0.05) is 19.4 Å². The van der Waals surface area contributed by atoms with E-state index in [1.165, 1.54) is 14.2 Å². The Balaban J connectivity index is 2.31. The molecule has 24 heavy (non-hydrogen) atoms. The van der Waals surface area contributed by atoms with Crippen molar-refractivity contribution in [2.24, 2.45) is 5.41 Å². The number of para-hydroxylation sites is 1. The molecule has 1 saturated heterocycles. The number of rotatable bonds is 6. The van der Waals surface area contributed by atoms with Crippen molar-refractivity contribution in [3.8, 4) is 11.5 Å². The van der Waals surface area contributed by atoms with Gasteiger partial charge in [-0.25, -0.2) is 0 Å². The molecule has 0 spiro atoms. The van der Waals surface area contributed by atoms with Crippen LogP contribution < -0.4 is 9.47 Å². The number of benzene rings is 1. The Hall–Kier alpha value is -2.24. The van der Waals surface area contributed by atoms with Crippen LogP contribution in [0.2, 0.25) is 0 Å². The minimum absolute atomic E-state index is 0.216. The van der Waals surface area contributed by atoms with E-state index in [9.17, 15) is 14.7 Å². The number of ether oxygens (including phenoxy) is 2. The molecule has 1 fully saturated rings. The topological polar surface area (TPSA) is 76.1 Å². The summed E-state index contributed by atoms with van der Waals surface area (Å²) >= 11 is 0. The first kappa shape index (κ1) is 18.1. The largest absolute Gasteiger partial charge is 0.493 e. The Labute approximate surface area is 142 Å². The fourth-order valence-electron chi connectivity index (χ4n) is 3.50. The van der Waals surface area contributed by atoms with E-state index >= 15 is 0 Å². The van der Waals surface area contributed by atoms with Gasteiger partial charge in [0.25, 0.3) is 5.91 Å². The molecule has 1 aromatic carbocycles. The highest BCUT2D eigenvalue weighted by atomic mass is 16.5. The molecule has 1 aromatic rings. The smallest absolute Gasteiger partial charge is 0.311 e. The molecule has 6 nitrogen and oxygen atoms in total. The molecule has 0 radical (unpaired) electrons. The molecule has 1 heterocycles. The van der Waals surface area contributed by atoms with Crippen LogP contribution in [0.1, 0.15) is 43.0 Å². The molecule has 1 N–H and O–H groups in total. The third-order valence-electron chi connectivity index (χ3n) is 4.68. The average Bonchev–Trinajstić information content (AvgIpc) is 2.60. The zero-order valence-electron chi connectivity index (χ0n) is 14.5. The number of likely N-dealkylation sites (tertiary alicyclic amines) is 1. The van der Waals surface area contributed by atoms with Gasteiger partial charge in [0, 0.05) is 13.1 Å². The van der Waals surface area contributed by atoms with Crippen LogP contribution in [0, 0.1) is 5.41 Å². The average molecular weight is 335 g/mol. The van der Waals surface area contributed by atoms with Gasteiger partial charge in [-0.15, -0.1) is 0 Å². The van der Waals surface area contributed by atoms with Crippen LogP contribution in [0.5, 0.6) is 11.5 Å². The second kappa shape index (κ2) is 7.55. The van der Waals surface area contributed by atoms with Gasteiger partial charge in [0.2, 0.25) is 0 Å². The number of carboxylic acids is 1. The predicted octanol–water partition coefficient (Wildman–Crippen LogP) is 2.81. The van der Waals surface area contributed by atoms with Crippen molar-refractivity contribution in [3.05, 3.63) is 23.8 Å². The number of hydrogen-bond acceptors (Lipinski definition) is 4. The summed E-state index contributed by atoms with van der Waals surface area (Å²) in [6, 6.07) is 5.14. The predicted molar refractivity (Wildman–Crippen MR) is 89.7 cm³/mol. The first-order chi connectivity index (χ1) is 11.5. The van der Waals surface area contributed by atoms with Gasteiger partial charge in [-0.3, -0.25) is 9.59 Å². The van der Waals surface area contributed by atoms with Crippen LogP contribution in [0.15, 0.2) is 18.2 Å². The zero-order valence-corrected chi connectivity index (χ0v) is 14.5. The van der Waals surface area contributed by atoms with Crippen molar-refractivity contribution < 1.29 is 24.2 Å². The van der Waals surface area contributed by atoms with E-state index in [4.69, 9.17) is 9.47 Å². The van der Waals surface area contributed by atoms with Gasteiger partial charge >= 0.3 is 5.97 Å². The van der Waals surface area contributed by atoms with Crippen LogP contribution in [0.3, 0.4) is 0 Å². The molecule has 0 aliphatic carbocycles. The lowest BCUT2D eigenvalue weighted by molar-refractivity contribution is -0.152. The molecule has 0 aromatic heterocycles. The van der Waals surface area contributed by atoms with Crippen LogP contribution in [-0.2, 0) is 4.79 Å². The monoisotopic (exact) mass is 335 g/mol. The minimum atomic E-state index is -0.852. The fourth-order valence-corrected chi connectivity index (χ4v) is 3.50. The first-order valence-corrected chi connectivity index (χ1v) is 8.22. The zero-order chi connectivity index (χ0) is 17.7. The van der Waals surface area contributed by atoms with Crippen LogP contribution >= 0.6 is 0 Å². The quantitative estimate of drug-likeness (QED) is 0.865. The number of carboxylic acid groups (broad SMARTS) is 1. The van der Waals surface area contributed by atoms with Crippen molar-refractivity contribution in [1.82, 2.24) is 4.90 Å². The summed E-state index contributed by atoms with van der Waals surface area (Å²) in [6.07, 6.45) is 2.64. The van der Waals surface area contributed by atoms with E-state index in [1.807, 2.05) is 6.92 Å². The van der Waals surface area contributed by atoms with Gasteiger partial charge in [-0.05, 0) is 31.4 Å². The number of aliphatic carboxylic acids is 1. The van der Waals surface area contributed by atoms with Crippen molar-refractivity contribution in [3.63, 3.8) is 0 Å². The summed E-state index contributed by atoms with van der Waals surface area (Å²) in [5.41, 5.74) is -0.455. The van der Waals surface area contributed by atoms with Gasteiger partial charge in [0.05, 0.1) is 25.2 Å². The molecule has 6 heteroatoms. The van der Waals surface area contributed by atoms with E-state index in [2.05, 4.69) is 0 Å². The Morgan fingerprint density at radius 1 is 1.29 bits per heavy atom. The van der Waals surface area contributed by atoms with Crippen LogP contribution in [0.4, 0.5) is 0 Å². The third-order valence-corrected chi connectivity index (χ3v) is 4.68. The standard InChI is InChI=1S/C18H25NO5/c1-4-9-18(17(21)22)10-6-11-19(12-18)16(20)13-7-5-8-14(23-2)15(13)24-3/h5,7-8H,4,6,9-12H2,1-3H3,(H,21,22). The van der Waals surface area contributed by atoms with E-state index in [1.54, 1.807) is 23.1 Å². The third kappa shape index (κ3) is 3.32.